The number of hydrogen-bond acceptors (Lipinski definition) is 4. The number of hydrogen-bond donors (Lipinski definition) is 1. The molecule has 3 aliphatic rings. The number of nitrogens with zero attached hydrogens (tertiary/aromatic N) is 1. The molecule has 4 nitrogen and oxygen atoms in total. The summed E-state index contributed by atoms with van der Waals surface area (Å²) in [5.74, 6) is 0.759. The van der Waals surface area contributed by atoms with E-state index in [0.717, 1.165) is 13.0 Å². The van der Waals surface area contributed by atoms with E-state index in [9.17, 15) is 8.42 Å². The molecule has 3 fully saturated rings. The van der Waals surface area contributed by atoms with Crippen LogP contribution in [-0.4, -0.2) is 55.0 Å². The lowest BCUT2D eigenvalue weighted by atomic mass is 9.77. The summed E-state index contributed by atoms with van der Waals surface area (Å²) >= 11 is 0. The van der Waals surface area contributed by atoms with Crippen LogP contribution in [0, 0.1) is 0 Å². The molecular weight excluding hydrogens is 272 g/mol. The Labute approximate surface area is 123 Å². The van der Waals surface area contributed by atoms with Gasteiger partial charge in [-0.2, -0.15) is 0 Å². The van der Waals surface area contributed by atoms with E-state index in [4.69, 9.17) is 0 Å². The molecule has 0 aromatic rings. The molecular formula is C15H28N2O2S. The summed E-state index contributed by atoms with van der Waals surface area (Å²) in [4.78, 5) is 2.62. The molecule has 3 rings (SSSR count). The van der Waals surface area contributed by atoms with Gasteiger partial charge in [-0.3, -0.25) is 4.90 Å². The molecule has 3 unspecified atom stereocenters. The number of nitrogens with one attached hydrogen (secondary N) is 1. The molecule has 116 valence electrons. The summed E-state index contributed by atoms with van der Waals surface area (Å²) in [6, 6.07) is 1.81. The summed E-state index contributed by atoms with van der Waals surface area (Å²) in [6.45, 7) is 5.40. The van der Waals surface area contributed by atoms with Gasteiger partial charge in [-0.1, -0.05) is 13.3 Å². The lowest BCUT2D eigenvalue weighted by molar-refractivity contribution is -0.0448. The van der Waals surface area contributed by atoms with Crippen molar-refractivity contribution in [1.82, 2.24) is 10.2 Å². The molecule has 1 N–H and O–H groups in total. The van der Waals surface area contributed by atoms with E-state index in [1.165, 1.54) is 32.1 Å². The number of piperidine rings is 2. The largest absolute Gasteiger partial charge is 0.314 e. The first-order chi connectivity index (χ1) is 9.43. The molecule has 3 heterocycles. The van der Waals surface area contributed by atoms with Gasteiger partial charge in [0.2, 0.25) is 0 Å². The van der Waals surface area contributed by atoms with Crippen LogP contribution in [0.2, 0.25) is 0 Å². The summed E-state index contributed by atoms with van der Waals surface area (Å²) in [6.07, 6.45) is 7.02. The van der Waals surface area contributed by atoms with Gasteiger partial charge >= 0.3 is 0 Å². The van der Waals surface area contributed by atoms with Crippen LogP contribution in [0.1, 0.15) is 52.4 Å². The van der Waals surface area contributed by atoms with Gasteiger partial charge in [-0.15, -0.1) is 0 Å². The van der Waals surface area contributed by atoms with Crippen LogP contribution >= 0.6 is 0 Å². The minimum atomic E-state index is -2.82. The van der Waals surface area contributed by atoms with E-state index < -0.39 is 9.84 Å². The fraction of sp³-hybridized carbons (Fsp3) is 1.00. The summed E-state index contributed by atoms with van der Waals surface area (Å²) in [5.41, 5.74) is -0.105. The van der Waals surface area contributed by atoms with E-state index in [-0.39, 0.29) is 5.54 Å². The number of fused-ring (bicyclic) bond motifs is 2. The average Bonchev–Trinajstić information content (AvgIpc) is 2.64. The highest BCUT2D eigenvalue weighted by Gasteiger charge is 2.51. The first-order valence-electron chi connectivity index (χ1n) is 8.16. The van der Waals surface area contributed by atoms with E-state index in [1.54, 1.807) is 0 Å². The van der Waals surface area contributed by atoms with Gasteiger partial charge in [0, 0.05) is 23.7 Å². The monoisotopic (exact) mass is 300 g/mol. The lowest BCUT2D eigenvalue weighted by Gasteiger charge is -2.55. The molecule has 2 bridgehead atoms. The van der Waals surface area contributed by atoms with E-state index in [0.29, 0.717) is 29.6 Å². The summed E-state index contributed by atoms with van der Waals surface area (Å²) in [7, 11) is -2.82. The highest BCUT2D eigenvalue weighted by molar-refractivity contribution is 7.91. The zero-order valence-electron chi connectivity index (χ0n) is 12.8. The predicted octanol–water partition coefficient (Wildman–Crippen LogP) is 1.56. The van der Waals surface area contributed by atoms with Crippen LogP contribution in [-0.2, 0) is 9.84 Å². The van der Waals surface area contributed by atoms with Crippen LogP contribution in [0.25, 0.3) is 0 Å². The maximum Gasteiger partial charge on any atom is 0.152 e. The Balaban J connectivity index is 1.80. The minimum absolute atomic E-state index is 0.105. The lowest BCUT2D eigenvalue weighted by Crippen LogP contribution is -2.64. The highest BCUT2D eigenvalue weighted by Crippen LogP contribution is 2.42. The average molecular weight is 300 g/mol. The van der Waals surface area contributed by atoms with Crippen molar-refractivity contribution in [2.45, 2.75) is 76.0 Å². The van der Waals surface area contributed by atoms with Gasteiger partial charge in [0.25, 0.3) is 0 Å². The smallest absolute Gasteiger partial charge is 0.152 e. The van der Waals surface area contributed by atoms with Crippen LogP contribution in [0.5, 0.6) is 0 Å². The van der Waals surface area contributed by atoms with Crippen LogP contribution in [0.15, 0.2) is 0 Å². The Bertz CT molecular complexity index is 450. The zero-order valence-corrected chi connectivity index (χ0v) is 13.6. The topological polar surface area (TPSA) is 49.4 Å². The summed E-state index contributed by atoms with van der Waals surface area (Å²) < 4.78 is 23.9. The molecule has 20 heavy (non-hydrogen) atoms. The van der Waals surface area contributed by atoms with Crippen molar-refractivity contribution in [1.29, 1.82) is 0 Å². The van der Waals surface area contributed by atoms with Gasteiger partial charge in [0.05, 0.1) is 11.5 Å². The fourth-order valence-corrected chi connectivity index (χ4v) is 7.05. The predicted molar refractivity (Wildman–Crippen MR) is 81.6 cm³/mol. The molecule has 0 amide bonds. The first kappa shape index (κ1) is 14.8. The Kier molecular flexibility index (Phi) is 3.89. The maximum absolute atomic E-state index is 11.9. The second-order valence-corrected chi connectivity index (χ2v) is 9.39. The quantitative estimate of drug-likeness (QED) is 0.859. The third kappa shape index (κ3) is 2.64. The van der Waals surface area contributed by atoms with Gasteiger partial charge in [0.15, 0.2) is 9.84 Å². The third-order valence-corrected chi connectivity index (χ3v) is 7.46. The fourth-order valence-electron chi connectivity index (χ4n) is 4.92. The Morgan fingerprint density at radius 1 is 1.25 bits per heavy atom. The summed E-state index contributed by atoms with van der Waals surface area (Å²) in [5, 5.41) is 3.61. The SMILES string of the molecule is CCNC1CC2CCCC(C1)N2C1(C)CCS(=O)(=O)C1. The second kappa shape index (κ2) is 5.25. The molecule has 3 saturated heterocycles. The van der Waals surface area contributed by atoms with Crippen molar-refractivity contribution in [3.63, 3.8) is 0 Å². The number of rotatable bonds is 3. The van der Waals surface area contributed by atoms with Gasteiger partial charge in [-0.05, 0) is 45.6 Å². The molecule has 0 saturated carbocycles. The van der Waals surface area contributed by atoms with Crippen LogP contribution < -0.4 is 5.32 Å². The van der Waals surface area contributed by atoms with Gasteiger partial charge in [0.1, 0.15) is 0 Å². The molecule has 0 radical (unpaired) electrons. The van der Waals surface area contributed by atoms with Gasteiger partial charge in [-0.25, -0.2) is 8.42 Å². The van der Waals surface area contributed by atoms with Crippen molar-refractivity contribution in [2.75, 3.05) is 18.1 Å². The Hall–Kier alpha value is -0.130. The molecule has 0 aromatic carbocycles. The second-order valence-electron chi connectivity index (χ2n) is 7.21. The van der Waals surface area contributed by atoms with Crippen molar-refractivity contribution in [2.24, 2.45) is 0 Å². The zero-order chi connectivity index (χ0) is 14.4. The van der Waals surface area contributed by atoms with E-state index >= 15 is 0 Å². The van der Waals surface area contributed by atoms with Crippen molar-refractivity contribution < 1.29 is 8.42 Å². The Morgan fingerprint density at radius 3 is 2.40 bits per heavy atom. The molecule has 3 aliphatic heterocycles. The van der Waals surface area contributed by atoms with E-state index in [1.807, 2.05) is 0 Å². The molecule has 0 spiro atoms. The van der Waals surface area contributed by atoms with Gasteiger partial charge < -0.3 is 5.32 Å². The standard InChI is InChI=1S/C15H28N2O2S/c1-3-16-12-9-13-5-4-6-14(10-12)17(13)15(2)7-8-20(18,19)11-15/h12-14,16H,3-11H2,1-2H3. The molecule has 5 heteroatoms. The Morgan fingerprint density at radius 2 is 1.90 bits per heavy atom. The molecule has 0 aromatic heterocycles. The highest BCUT2D eigenvalue weighted by atomic mass is 32.2. The molecule has 0 aliphatic carbocycles. The van der Waals surface area contributed by atoms with E-state index in [2.05, 4.69) is 24.1 Å². The third-order valence-electron chi connectivity index (χ3n) is 5.57. The normalized spacial score (nSPS) is 44.6. The first-order valence-corrected chi connectivity index (χ1v) is 9.98. The van der Waals surface area contributed by atoms with Crippen molar-refractivity contribution >= 4 is 9.84 Å². The van der Waals surface area contributed by atoms with Crippen LogP contribution in [0.3, 0.4) is 0 Å². The van der Waals surface area contributed by atoms with Crippen molar-refractivity contribution in [3.8, 4) is 0 Å². The minimum Gasteiger partial charge on any atom is -0.314 e. The molecule has 3 atom stereocenters. The maximum atomic E-state index is 11.9. The number of sulfone groups is 1. The van der Waals surface area contributed by atoms with Crippen molar-refractivity contribution in [3.05, 3.63) is 0 Å². The van der Waals surface area contributed by atoms with Crippen LogP contribution in [0.4, 0.5) is 0 Å².